The Morgan fingerprint density at radius 3 is 3.00 bits per heavy atom. The zero-order valence-electron chi connectivity index (χ0n) is 10.5. The lowest BCUT2D eigenvalue weighted by Gasteiger charge is -2.14. The molecule has 0 saturated heterocycles. The summed E-state index contributed by atoms with van der Waals surface area (Å²) in [6.45, 7) is 3.23. The van der Waals surface area contributed by atoms with Gasteiger partial charge >= 0.3 is 0 Å². The van der Waals surface area contributed by atoms with Crippen LogP contribution >= 0.6 is 0 Å². The number of nitrogens with zero attached hydrogens (tertiary/aromatic N) is 4. The van der Waals surface area contributed by atoms with Crippen molar-refractivity contribution in [2.75, 3.05) is 13.6 Å². The molecule has 0 unspecified atom stereocenters. The fourth-order valence-corrected chi connectivity index (χ4v) is 1.66. The smallest absolute Gasteiger partial charge is 0.292 e. The van der Waals surface area contributed by atoms with Gasteiger partial charge in [0.25, 0.3) is 5.91 Å². The minimum atomic E-state index is -0.143. The van der Waals surface area contributed by atoms with Crippen LogP contribution in [0.2, 0.25) is 0 Å². The lowest BCUT2D eigenvalue weighted by Crippen LogP contribution is -2.28. The lowest BCUT2D eigenvalue weighted by atomic mass is 10.3. The van der Waals surface area contributed by atoms with Crippen molar-refractivity contribution in [2.45, 2.75) is 19.9 Å². The van der Waals surface area contributed by atoms with Crippen LogP contribution in [0.3, 0.4) is 0 Å². The molecule has 0 radical (unpaired) electrons. The largest absolute Gasteiger partial charge is 0.351 e. The number of carbonyl (C=O) groups is 1. The molecule has 96 valence electrons. The van der Waals surface area contributed by atoms with Gasteiger partial charge < -0.3 is 9.42 Å². The van der Waals surface area contributed by atoms with Crippen LogP contribution < -0.4 is 0 Å². The van der Waals surface area contributed by atoms with Crippen molar-refractivity contribution in [3.05, 3.63) is 36.0 Å². The molecule has 0 spiro atoms. The van der Waals surface area contributed by atoms with E-state index in [2.05, 4.69) is 10.3 Å². The van der Waals surface area contributed by atoms with E-state index in [9.17, 15) is 4.79 Å². The van der Waals surface area contributed by atoms with Crippen molar-refractivity contribution in [3.8, 4) is 0 Å². The predicted molar refractivity (Wildman–Crippen MR) is 65.0 cm³/mol. The summed E-state index contributed by atoms with van der Waals surface area (Å²) in [5.41, 5.74) is 0.711. The van der Waals surface area contributed by atoms with E-state index in [0.29, 0.717) is 12.2 Å². The maximum atomic E-state index is 11.9. The average Bonchev–Trinajstić information content (AvgIpc) is 2.99. The highest BCUT2D eigenvalue weighted by Crippen LogP contribution is 2.06. The molecule has 0 aliphatic carbocycles. The number of amides is 1. The molecule has 0 saturated carbocycles. The van der Waals surface area contributed by atoms with E-state index in [1.807, 2.05) is 16.9 Å². The second kappa shape index (κ2) is 5.48. The van der Waals surface area contributed by atoms with Crippen LogP contribution in [0.4, 0.5) is 0 Å². The van der Waals surface area contributed by atoms with E-state index in [1.165, 1.54) is 0 Å². The molecule has 6 nitrogen and oxygen atoms in total. The first-order chi connectivity index (χ1) is 8.66. The lowest BCUT2D eigenvalue weighted by molar-refractivity contribution is 0.0750. The summed E-state index contributed by atoms with van der Waals surface area (Å²) in [6, 6.07) is 3.53. The molecule has 0 aliphatic rings. The van der Waals surface area contributed by atoms with Gasteiger partial charge in [-0.3, -0.25) is 9.48 Å². The standard InChI is InChI=1S/C12H16N4O2/c1-10-9-11(18-14-10)12(17)15(2)6-4-8-16-7-3-5-13-16/h3,5,7,9H,4,6,8H2,1-2H3. The van der Waals surface area contributed by atoms with Gasteiger partial charge in [-0.25, -0.2) is 0 Å². The summed E-state index contributed by atoms with van der Waals surface area (Å²) in [5.74, 6) is 0.144. The van der Waals surface area contributed by atoms with Gasteiger partial charge in [0.2, 0.25) is 5.76 Å². The Labute approximate surface area is 105 Å². The summed E-state index contributed by atoms with van der Waals surface area (Å²) in [6.07, 6.45) is 4.49. The third-order valence-electron chi connectivity index (χ3n) is 2.63. The maximum Gasteiger partial charge on any atom is 0.292 e. The molecule has 0 aromatic carbocycles. The summed E-state index contributed by atoms with van der Waals surface area (Å²) in [5, 5.41) is 7.81. The number of aryl methyl sites for hydroxylation is 2. The molecule has 2 heterocycles. The summed E-state index contributed by atoms with van der Waals surface area (Å²) in [4.78, 5) is 13.5. The zero-order valence-corrected chi connectivity index (χ0v) is 10.5. The first kappa shape index (κ1) is 12.3. The fourth-order valence-electron chi connectivity index (χ4n) is 1.66. The van der Waals surface area contributed by atoms with Crippen molar-refractivity contribution in [3.63, 3.8) is 0 Å². The molecule has 0 atom stereocenters. The van der Waals surface area contributed by atoms with E-state index in [-0.39, 0.29) is 11.7 Å². The highest BCUT2D eigenvalue weighted by Gasteiger charge is 2.15. The van der Waals surface area contributed by atoms with Gasteiger partial charge in [-0.15, -0.1) is 0 Å². The number of hydrogen-bond donors (Lipinski definition) is 0. The van der Waals surface area contributed by atoms with Crippen molar-refractivity contribution in [2.24, 2.45) is 0 Å². The Kier molecular flexibility index (Phi) is 3.76. The second-order valence-electron chi connectivity index (χ2n) is 4.18. The molecule has 2 aromatic rings. The van der Waals surface area contributed by atoms with Crippen molar-refractivity contribution in [1.29, 1.82) is 0 Å². The number of aromatic nitrogens is 3. The van der Waals surface area contributed by atoms with E-state index in [4.69, 9.17) is 4.52 Å². The number of rotatable bonds is 5. The topological polar surface area (TPSA) is 64.2 Å². The van der Waals surface area contributed by atoms with Crippen LogP contribution in [0, 0.1) is 6.92 Å². The fraction of sp³-hybridized carbons (Fsp3) is 0.417. The van der Waals surface area contributed by atoms with Gasteiger partial charge in [-0.1, -0.05) is 5.16 Å². The van der Waals surface area contributed by atoms with Crippen molar-refractivity contribution in [1.82, 2.24) is 19.8 Å². The third kappa shape index (κ3) is 2.97. The Balaban J connectivity index is 1.81. The van der Waals surface area contributed by atoms with Gasteiger partial charge in [0.1, 0.15) is 0 Å². The van der Waals surface area contributed by atoms with Crippen LogP contribution in [-0.4, -0.2) is 39.3 Å². The Morgan fingerprint density at radius 1 is 1.56 bits per heavy atom. The zero-order chi connectivity index (χ0) is 13.0. The Morgan fingerprint density at radius 2 is 2.39 bits per heavy atom. The second-order valence-corrected chi connectivity index (χ2v) is 4.18. The first-order valence-electron chi connectivity index (χ1n) is 5.83. The number of hydrogen-bond acceptors (Lipinski definition) is 4. The minimum absolute atomic E-state index is 0.143. The summed E-state index contributed by atoms with van der Waals surface area (Å²) >= 11 is 0. The predicted octanol–water partition coefficient (Wildman–Crippen LogP) is 1.34. The first-order valence-corrected chi connectivity index (χ1v) is 5.83. The van der Waals surface area contributed by atoms with E-state index < -0.39 is 0 Å². The van der Waals surface area contributed by atoms with Gasteiger partial charge in [0, 0.05) is 38.6 Å². The van der Waals surface area contributed by atoms with Gasteiger partial charge in [-0.05, 0) is 19.4 Å². The highest BCUT2D eigenvalue weighted by molar-refractivity contribution is 5.91. The van der Waals surface area contributed by atoms with Crippen LogP contribution in [0.5, 0.6) is 0 Å². The Hall–Kier alpha value is -2.11. The maximum absolute atomic E-state index is 11.9. The molecule has 18 heavy (non-hydrogen) atoms. The van der Waals surface area contributed by atoms with E-state index in [0.717, 1.165) is 13.0 Å². The SMILES string of the molecule is Cc1cc(C(=O)N(C)CCCn2cccn2)on1. The van der Waals surface area contributed by atoms with Crippen LogP contribution in [-0.2, 0) is 6.54 Å². The van der Waals surface area contributed by atoms with E-state index in [1.54, 1.807) is 31.1 Å². The highest BCUT2D eigenvalue weighted by atomic mass is 16.5. The quantitative estimate of drug-likeness (QED) is 0.801. The molecular formula is C12H16N4O2. The molecule has 1 amide bonds. The summed E-state index contributed by atoms with van der Waals surface area (Å²) < 4.78 is 6.78. The van der Waals surface area contributed by atoms with Gasteiger partial charge in [0.15, 0.2) is 0 Å². The number of carbonyl (C=O) groups excluding carboxylic acids is 1. The normalized spacial score (nSPS) is 10.6. The molecule has 2 aromatic heterocycles. The molecule has 6 heteroatoms. The molecule has 0 bridgehead atoms. The van der Waals surface area contributed by atoms with Crippen molar-refractivity contribution < 1.29 is 9.32 Å². The van der Waals surface area contributed by atoms with Crippen LogP contribution in [0.15, 0.2) is 29.0 Å². The monoisotopic (exact) mass is 248 g/mol. The van der Waals surface area contributed by atoms with Gasteiger partial charge in [-0.2, -0.15) is 5.10 Å². The Bertz CT molecular complexity index is 504. The molecule has 2 rings (SSSR count). The van der Waals surface area contributed by atoms with E-state index >= 15 is 0 Å². The average molecular weight is 248 g/mol. The molecule has 0 fully saturated rings. The molecule has 0 aliphatic heterocycles. The van der Waals surface area contributed by atoms with Crippen LogP contribution in [0.1, 0.15) is 22.7 Å². The van der Waals surface area contributed by atoms with Crippen molar-refractivity contribution >= 4 is 5.91 Å². The van der Waals surface area contributed by atoms with Gasteiger partial charge in [0.05, 0.1) is 5.69 Å². The summed E-state index contributed by atoms with van der Waals surface area (Å²) in [7, 11) is 1.75. The minimum Gasteiger partial charge on any atom is -0.351 e. The molecule has 0 N–H and O–H groups in total. The van der Waals surface area contributed by atoms with Crippen LogP contribution in [0.25, 0.3) is 0 Å². The molecular weight excluding hydrogens is 232 g/mol. The third-order valence-corrected chi connectivity index (χ3v) is 2.63.